The molecule has 2 atom stereocenters. The van der Waals surface area contributed by atoms with Crippen molar-refractivity contribution in [3.8, 4) is 34.6 Å². The topological polar surface area (TPSA) is 403 Å². The summed E-state index contributed by atoms with van der Waals surface area (Å²) in [6, 6.07) is 50.5. The van der Waals surface area contributed by atoms with Crippen molar-refractivity contribution in [3.63, 3.8) is 0 Å². The number of benzene rings is 8. The number of hydrogen-bond acceptors (Lipinski definition) is 22. The lowest BCUT2D eigenvalue weighted by Gasteiger charge is -2.26. The fourth-order valence-electron chi connectivity index (χ4n) is 14.0. The number of nitrogens with two attached hydrogens (primary N) is 2. The number of hydrogen-bond donors (Lipinski definition) is 5. The van der Waals surface area contributed by atoms with E-state index in [1.807, 2.05) is 60.7 Å². The molecule has 0 saturated heterocycles. The Bertz CT molecular complexity index is 7220. The van der Waals surface area contributed by atoms with Crippen molar-refractivity contribution in [2.45, 2.75) is 77.6 Å². The molecule has 0 unspecified atom stereocenters. The third-order valence-corrected chi connectivity index (χ3v) is 22.5. The average Bonchev–Trinajstić information content (AvgIpc) is 1.58. The maximum absolute atomic E-state index is 15.1. The Morgan fingerprint density at radius 1 is 0.574 bits per heavy atom. The first-order valence-electron chi connectivity index (χ1n) is 40.2. The van der Waals surface area contributed by atoms with E-state index in [1.54, 1.807) is 83.4 Å². The number of alkyl carbamates (subject to hydrolysis) is 1. The number of ether oxygens (including phenoxy) is 5. The molecule has 7 aromatic heterocycles. The number of methoxy groups -OCH3 is 2. The summed E-state index contributed by atoms with van der Waals surface area (Å²) in [5.74, 6) is -3.09. The zero-order valence-corrected chi connectivity index (χ0v) is 74.3. The highest BCUT2D eigenvalue weighted by Crippen LogP contribution is 2.41. The summed E-state index contributed by atoms with van der Waals surface area (Å²) in [6.45, 7) is 5.27. The molecule has 40 heteroatoms. The Labute approximate surface area is 752 Å². The van der Waals surface area contributed by atoms with Gasteiger partial charge in [-0.3, -0.25) is 32.9 Å². The molecule has 1 amide bonds. The lowest BCUT2D eigenvalue weighted by molar-refractivity contribution is 0.0499. The maximum Gasteiger partial charge on any atom is 0.408 e. The molecule has 7 N–H and O–H groups in total. The fraction of sp³-hybridized carbons (Fsp3) is 0.202. The van der Waals surface area contributed by atoms with Crippen molar-refractivity contribution in [2.24, 2.45) is 19.8 Å². The van der Waals surface area contributed by atoms with Crippen molar-refractivity contribution in [1.29, 1.82) is 3.84 Å². The largest absolute Gasteiger partial charge is 0.497 e. The molecule has 129 heavy (non-hydrogen) atoms. The first-order valence-corrected chi connectivity index (χ1v) is 43.4. The number of carboxylic acid groups (broad SMARTS) is 1. The van der Waals surface area contributed by atoms with Crippen LogP contribution in [-0.2, 0) is 78.0 Å². The molecule has 31 nitrogen and oxygen atoms in total. The summed E-state index contributed by atoms with van der Waals surface area (Å²) in [6.07, 6.45) is 0.741. The van der Waals surface area contributed by atoms with Gasteiger partial charge in [-0.15, -0.1) is 0 Å². The van der Waals surface area contributed by atoms with Gasteiger partial charge >= 0.3 is 12.1 Å². The number of aromatic amines is 1. The van der Waals surface area contributed by atoms with Crippen LogP contribution in [0, 0.1) is 23.3 Å². The van der Waals surface area contributed by atoms with E-state index in [1.165, 1.54) is 93.4 Å². The van der Waals surface area contributed by atoms with Crippen LogP contribution >= 0.6 is 32.9 Å². The Balaban J connectivity index is 0.000000197. The monoisotopic (exact) mass is 1860 g/mol. The minimum atomic E-state index is -4.02. The molecule has 15 aromatic rings. The zero-order chi connectivity index (χ0) is 95.5. The molecule has 670 valence electrons. The minimum absolute atomic E-state index is 0.00452. The van der Waals surface area contributed by atoms with Crippen LogP contribution in [0.25, 0.3) is 55.2 Å². The number of aromatic nitrogens is 11. The highest BCUT2D eigenvalue weighted by molar-refractivity contribution is 7.92. The standard InChI is InChI=1S/C44H42ClF2N7O7S.C32H28ClF2N7O5S.C13H12N2O3.H3P/c1-44(2,3)61-43(56)48-34(22-28-20-29(46)23-30(47)21-28)40-50-39-32(16-19-36(49-39)60-25-27-10-8-7-9-11-27)42(55)54(40)35-18-17-33(45)37-38(35)52(4)51-41(37)53(62(6,57)58)24-26-12-14-31(59-5)15-13-26;1-40-28-25(10-9-23(33)27(28)31(39-40)41(48(3,45)46)16-17-4-6-21(47-2)7-5-17)42-30(24(36)14-18-12-19(34)15-20(35)13-18)38-29-22(32(42)44)8-11-26(43)37-29;14-12-10(13(16)17)6-7-11(15-12)18-8-9-4-2-1-3-5-9;/h7-21,23,34H,22,24-25H2,1-6H3,(H,48,56);4-13,15,24H,14,16,36H2,1-3H3,(H,37,43);1-7H,8H2,(H2,14,15)(H,16,17);1H3/t34-;24-;;/m00../s1/i;;;1T3. The van der Waals surface area contributed by atoms with Crippen LogP contribution in [0.5, 0.6) is 23.3 Å². The highest BCUT2D eigenvalue weighted by Gasteiger charge is 2.34. The van der Waals surface area contributed by atoms with E-state index in [0.717, 1.165) is 62.6 Å². The summed E-state index contributed by atoms with van der Waals surface area (Å²) in [4.78, 5) is 86.1. The average molecular weight is 1870 g/mol. The Kier molecular flexibility index (Phi) is 27.6. The second-order valence-corrected chi connectivity index (χ2v) is 34.9. The van der Waals surface area contributed by atoms with Crippen LogP contribution in [0.4, 0.5) is 39.8 Å². The van der Waals surface area contributed by atoms with Crippen LogP contribution in [0.15, 0.2) is 221 Å². The van der Waals surface area contributed by atoms with Gasteiger partial charge in [0, 0.05) is 50.8 Å². The smallest absolute Gasteiger partial charge is 0.408 e. The van der Waals surface area contributed by atoms with Gasteiger partial charge in [-0.1, -0.05) is 108 Å². The number of nitrogen functional groups attached to an aromatic ring is 1. The van der Waals surface area contributed by atoms with E-state index in [0.29, 0.717) is 41.2 Å². The van der Waals surface area contributed by atoms with Crippen LogP contribution in [0.3, 0.4) is 0 Å². The number of carbonyl (C=O) groups is 2. The quantitative estimate of drug-likeness (QED) is 0.0248. The Hall–Kier alpha value is -13.8. The van der Waals surface area contributed by atoms with Crippen LogP contribution in [0.1, 0.15) is 88.2 Å². The van der Waals surface area contributed by atoms with E-state index < -0.39 is 99.5 Å². The summed E-state index contributed by atoms with van der Waals surface area (Å²) in [7, 11) is -3.66. The first kappa shape index (κ1) is 90.0. The molecule has 0 spiro atoms. The predicted molar refractivity (Wildman–Crippen MR) is 487 cm³/mol. The molecular weight excluding hydrogens is 1780 g/mol. The maximum atomic E-state index is 15.1. The number of carbonyl (C=O) groups excluding carboxylic acids is 1. The van der Waals surface area contributed by atoms with Crippen LogP contribution < -0.4 is 61.0 Å². The summed E-state index contributed by atoms with van der Waals surface area (Å²) in [5.41, 5.74) is 13.4. The van der Waals surface area contributed by atoms with E-state index in [4.69, 9.17) is 72.3 Å². The molecule has 0 fully saturated rings. The van der Waals surface area contributed by atoms with Crippen LogP contribution in [-0.4, -0.2) is 124 Å². The number of aromatic carboxylic acids is 1. The second kappa shape index (κ2) is 39.6. The van der Waals surface area contributed by atoms with E-state index >= 15 is 4.79 Å². The molecule has 0 bridgehead atoms. The van der Waals surface area contributed by atoms with Gasteiger partial charge in [0.25, 0.3) is 11.1 Å². The number of pyridine rings is 3. The van der Waals surface area contributed by atoms with Crippen molar-refractivity contribution in [3.05, 3.63) is 321 Å². The number of anilines is 3. The van der Waals surface area contributed by atoms with Gasteiger partial charge in [-0.25, -0.2) is 62.6 Å². The number of sulfonamides is 2. The molecule has 0 aliphatic heterocycles. The molecule has 0 radical (unpaired) electrons. The minimum Gasteiger partial charge on any atom is -0.497 e. The third-order valence-electron chi connectivity index (χ3n) is 19.7. The number of nitrogens with one attached hydrogen (secondary N) is 2. The number of halogens is 6. The SMILES string of the molecule is COc1ccc(CN(c2nn(C)c3c(-n4c([C@@H](N)Cc5cc(F)cc(F)c5)nc5[nH]c(=O)ccc5c4=O)ccc(Cl)c23)S(C)(=O)=O)cc1.COc1ccc(CN(c2nn(C)c3c(-n4c([C@H](Cc5cc(F)cc(F)c5)NC(=O)OC(C)(C)C)nc5nc(OCc6ccccc6)ccc5c4=O)ccc(Cl)c23)S(C)(=O)=O)cc1.Nc1nc(OCc2ccccc2)ccc1C(=O)O.[3H]P([3H])[3H]. The summed E-state index contributed by atoms with van der Waals surface area (Å²) < 4.78 is 164. The van der Waals surface area contributed by atoms with Gasteiger partial charge in [-0.05, 0) is 152 Å². The second-order valence-electron chi connectivity index (χ2n) is 30.2. The Morgan fingerprint density at radius 3 is 1.47 bits per heavy atom. The van der Waals surface area contributed by atoms with Gasteiger partial charge in [0.1, 0.15) is 82.3 Å². The Morgan fingerprint density at radius 2 is 1.02 bits per heavy atom. The number of H-pyrrole nitrogens is 1. The summed E-state index contributed by atoms with van der Waals surface area (Å²) >= 11 is 13.6. The lowest BCUT2D eigenvalue weighted by Crippen LogP contribution is -2.39. The number of amides is 1. The van der Waals surface area contributed by atoms with Gasteiger partial charge in [-0.2, -0.15) is 29.9 Å². The molecule has 15 rings (SSSR count). The highest BCUT2D eigenvalue weighted by atomic mass is 35.5. The van der Waals surface area contributed by atoms with Crippen LogP contribution in [0.2, 0.25) is 10.0 Å². The van der Waals surface area contributed by atoms with Gasteiger partial charge < -0.3 is 50.6 Å². The lowest BCUT2D eigenvalue weighted by atomic mass is 10.0. The third kappa shape index (κ3) is 22.2. The molecule has 0 aliphatic carbocycles. The van der Waals surface area contributed by atoms with E-state index in [-0.39, 0.29) is 150 Å². The number of rotatable bonds is 26. The van der Waals surface area contributed by atoms with Crippen molar-refractivity contribution < 1.29 is 72.8 Å². The zero-order valence-electron chi connectivity index (χ0n) is 73.2. The number of nitrogens with zero attached hydrogens (tertiary/aromatic N) is 12. The number of carboxylic acids is 1. The molecule has 8 aromatic carbocycles. The summed E-state index contributed by atoms with van der Waals surface area (Å²) in [5, 5.41) is 21.5. The normalized spacial score (nSPS) is 12.3. The van der Waals surface area contributed by atoms with Crippen molar-refractivity contribution in [2.75, 3.05) is 41.1 Å². The fourth-order valence-corrected chi connectivity index (χ4v) is 16.1. The predicted octanol–water partition coefficient (Wildman–Crippen LogP) is 14.1. The van der Waals surface area contributed by atoms with Gasteiger partial charge in [0.2, 0.25) is 37.4 Å². The first-order chi connectivity index (χ1) is 62.5. The van der Waals surface area contributed by atoms with Crippen molar-refractivity contribution >= 4 is 126 Å². The molecule has 0 aliphatic rings. The molecule has 0 saturated carbocycles. The van der Waals surface area contributed by atoms with Gasteiger partial charge in [0.15, 0.2) is 17.3 Å². The molecule has 7 heterocycles. The number of fused-ring (bicyclic) bond motifs is 4. The number of aryl methyl sites for hydroxylation is 2. The van der Waals surface area contributed by atoms with E-state index in [2.05, 4.69) is 35.5 Å². The molecular formula is C89H85Cl2F4N16O15PS2. The van der Waals surface area contributed by atoms with Gasteiger partial charge in [0.05, 0.1) is 110 Å². The van der Waals surface area contributed by atoms with E-state index in [9.17, 15) is 53.6 Å². The van der Waals surface area contributed by atoms with Crippen molar-refractivity contribution in [1.82, 2.24) is 58.9 Å².